The highest BCUT2D eigenvalue weighted by Crippen LogP contribution is 2.33. The Labute approximate surface area is 126 Å². The number of rotatable bonds is 4. The van der Waals surface area contributed by atoms with Crippen LogP contribution in [0.1, 0.15) is 16.7 Å². The average molecular weight is 334 g/mol. The van der Waals surface area contributed by atoms with Crippen LogP contribution in [-0.2, 0) is 19.3 Å². The molecule has 4 heteroatoms. The van der Waals surface area contributed by atoms with Crippen molar-refractivity contribution in [3.05, 3.63) is 57.8 Å². The maximum absolute atomic E-state index is 10.3. The van der Waals surface area contributed by atoms with Gasteiger partial charge in [0.2, 0.25) is 0 Å². The van der Waals surface area contributed by atoms with Crippen molar-refractivity contribution < 1.29 is 9.84 Å². The first-order chi connectivity index (χ1) is 9.72. The maximum atomic E-state index is 10.3. The molecule has 0 amide bonds. The van der Waals surface area contributed by atoms with Crippen LogP contribution in [0.4, 0.5) is 0 Å². The van der Waals surface area contributed by atoms with E-state index in [4.69, 9.17) is 4.74 Å². The lowest BCUT2D eigenvalue weighted by atomic mass is 9.99. The lowest BCUT2D eigenvalue weighted by molar-refractivity contribution is 0.174. The van der Waals surface area contributed by atoms with Crippen LogP contribution in [0.25, 0.3) is 0 Å². The zero-order chi connectivity index (χ0) is 13.9. The van der Waals surface area contributed by atoms with E-state index in [2.05, 4.69) is 27.0 Å². The molecule has 0 radical (unpaired) electrons. The van der Waals surface area contributed by atoms with E-state index in [1.54, 1.807) is 12.4 Å². The molecule has 1 aliphatic rings. The Morgan fingerprint density at radius 3 is 2.85 bits per heavy atom. The first-order valence-electron chi connectivity index (χ1n) is 6.73. The third kappa shape index (κ3) is 3.02. The summed E-state index contributed by atoms with van der Waals surface area (Å²) in [5.74, 6) is 0.960. The number of pyridine rings is 1. The van der Waals surface area contributed by atoms with Crippen LogP contribution in [0.5, 0.6) is 5.75 Å². The van der Waals surface area contributed by atoms with Crippen LogP contribution in [-0.4, -0.2) is 22.8 Å². The van der Waals surface area contributed by atoms with Gasteiger partial charge in [-0.2, -0.15) is 0 Å². The van der Waals surface area contributed by atoms with E-state index in [-0.39, 0.29) is 0 Å². The third-order valence-electron chi connectivity index (χ3n) is 3.50. The molecule has 1 aromatic heterocycles. The highest BCUT2D eigenvalue weighted by molar-refractivity contribution is 9.10. The van der Waals surface area contributed by atoms with Gasteiger partial charge in [0.25, 0.3) is 0 Å². The van der Waals surface area contributed by atoms with Gasteiger partial charge >= 0.3 is 0 Å². The summed E-state index contributed by atoms with van der Waals surface area (Å²) in [6, 6.07) is 8.01. The molecule has 2 heterocycles. The molecule has 0 aliphatic carbocycles. The molecular formula is C16H16BrNO2. The fourth-order valence-electron chi connectivity index (χ4n) is 2.61. The van der Waals surface area contributed by atoms with Gasteiger partial charge in [-0.3, -0.25) is 4.98 Å². The summed E-state index contributed by atoms with van der Waals surface area (Å²) in [5, 5.41) is 10.3. The fourth-order valence-corrected chi connectivity index (χ4v) is 3.17. The summed E-state index contributed by atoms with van der Waals surface area (Å²) in [7, 11) is 0. The van der Waals surface area contributed by atoms with Gasteiger partial charge in [0, 0.05) is 29.7 Å². The molecule has 3 nitrogen and oxygen atoms in total. The average Bonchev–Trinajstić information content (AvgIpc) is 2.88. The number of hydrogen-bond acceptors (Lipinski definition) is 3. The Morgan fingerprint density at radius 1 is 1.25 bits per heavy atom. The monoisotopic (exact) mass is 333 g/mol. The molecule has 1 aliphatic heterocycles. The second kappa shape index (κ2) is 5.94. The molecule has 1 atom stereocenters. The standard InChI is InChI=1S/C16H16BrNO2/c17-14-8-12-3-6-20-16(12)13(9-14)10-15(19)7-11-1-4-18-5-2-11/h1-2,4-5,8-9,15,19H,3,6-7,10H2. The predicted octanol–water partition coefficient (Wildman–Crippen LogP) is 2.93. The van der Waals surface area contributed by atoms with Gasteiger partial charge in [0.05, 0.1) is 12.7 Å². The molecule has 20 heavy (non-hydrogen) atoms. The number of nitrogens with zero attached hydrogens (tertiary/aromatic N) is 1. The number of halogens is 1. The Balaban J connectivity index is 1.75. The first-order valence-corrected chi connectivity index (χ1v) is 7.53. The van der Waals surface area contributed by atoms with Gasteiger partial charge in [-0.1, -0.05) is 15.9 Å². The Morgan fingerprint density at radius 2 is 2.05 bits per heavy atom. The molecule has 0 fully saturated rings. The smallest absolute Gasteiger partial charge is 0.125 e. The van der Waals surface area contributed by atoms with E-state index < -0.39 is 6.10 Å². The van der Waals surface area contributed by atoms with Crippen molar-refractivity contribution in [3.63, 3.8) is 0 Å². The van der Waals surface area contributed by atoms with E-state index in [1.165, 1.54) is 5.56 Å². The van der Waals surface area contributed by atoms with E-state index in [1.807, 2.05) is 18.2 Å². The molecular weight excluding hydrogens is 318 g/mol. The van der Waals surface area contributed by atoms with Crippen LogP contribution in [0.2, 0.25) is 0 Å². The first kappa shape index (κ1) is 13.6. The second-order valence-corrected chi connectivity index (χ2v) is 5.98. The molecule has 1 N–H and O–H groups in total. The summed E-state index contributed by atoms with van der Waals surface area (Å²) in [6.45, 7) is 0.735. The number of aliphatic hydroxyl groups excluding tert-OH is 1. The van der Waals surface area contributed by atoms with Crippen molar-refractivity contribution in [2.24, 2.45) is 0 Å². The third-order valence-corrected chi connectivity index (χ3v) is 3.96. The summed E-state index contributed by atoms with van der Waals surface area (Å²) in [5.41, 5.74) is 3.40. The highest BCUT2D eigenvalue weighted by Gasteiger charge is 2.19. The molecule has 3 rings (SSSR count). The Bertz CT molecular complexity index is 601. The summed E-state index contributed by atoms with van der Waals surface area (Å²) >= 11 is 3.53. The van der Waals surface area contributed by atoms with Gasteiger partial charge in [0.15, 0.2) is 0 Å². The number of aromatic nitrogens is 1. The fraction of sp³-hybridized carbons (Fsp3) is 0.312. The molecule has 0 saturated carbocycles. The molecule has 2 aromatic rings. The molecule has 1 aromatic carbocycles. The van der Waals surface area contributed by atoms with Gasteiger partial charge in [-0.15, -0.1) is 0 Å². The Kier molecular flexibility index (Phi) is 4.03. The second-order valence-electron chi connectivity index (χ2n) is 5.07. The van der Waals surface area contributed by atoms with Gasteiger partial charge in [-0.25, -0.2) is 0 Å². The maximum Gasteiger partial charge on any atom is 0.125 e. The van der Waals surface area contributed by atoms with Crippen molar-refractivity contribution in [3.8, 4) is 5.75 Å². The van der Waals surface area contributed by atoms with Crippen molar-refractivity contribution in [1.82, 2.24) is 4.98 Å². The van der Waals surface area contributed by atoms with Crippen LogP contribution < -0.4 is 4.74 Å². The number of benzene rings is 1. The minimum Gasteiger partial charge on any atom is -0.493 e. The number of aliphatic hydroxyl groups is 1. The van der Waals surface area contributed by atoms with Crippen molar-refractivity contribution in [1.29, 1.82) is 0 Å². The molecule has 0 saturated heterocycles. The summed E-state index contributed by atoms with van der Waals surface area (Å²) < 4.78 is 6.74. The highest BCUT2D eigenvalue weighted by atomic mass is 79.9. The van der Waals surface area contributed by atoms with Gasteiger partial charge in [0.1, 0.15) is 5.75 Å². The van der Waals surface area contributed by atoms with Crippen LogP contribution >= 0.6 is 15.9 Å². The lowest BCUT2D eigenvalue weighted by Crippen LogP contribution is -2.14. The van der Waals surface area contributed by atoms with E-state index in [0.29, 0.717) is 12.8 Å². The van der Waals surface area contributed by atoms with E-state index >= 15 is 0 Å². The number of ether oxygens (including phenoxy) is 1. The van der Waals surface area contributed by atoms with Gasteiger partial charge < -0.3 is 9.84 Å². The molecule has 104 valence electrons. The molecule has 0 bridgehead atoms. The van der Waals surface area contributed by atoms with Crippen LogP contribution in [0, 0.1) is 0 Å². The van der Waals surface area contributed by atoms with Crippen molar-refractivity contribution in [2.45, 2.75) is 25.4 Å². The summed E-state index contributed by atoms with van der Waals surface area (Å²) in [4.78, 5) is 3.99. The minimum atomic E-state index is -0.417. The predicted molar refractivity (Wildman–Crippen MR) is 81.0 cm³/mol. The van der Waals surface area contributed by atoms with Crippen molar-refractivity contribution >= 4 is 15.9 Å². The zero-order valence-electron chi connectivity index (χ0n) is 11.1. The molecule has 1 unspecified atom stereocenters. The minimum absolute atomic E-state index is 0.417. The quantitative estimate of drug-likeness (QED) is 0.935. The normalized spacial score (nSPS) is 14.7. The topological polar surface area (TPSA) is 42.4 Å². The number of fused-ring (bicyclic) bond motifs is 1. The van der Waals surface area contributed by atoms with Crippen LogP contribution in [0.3, 0.4) is 0 Å². The van der Waals surface area contributed by atoms with Crippen molar-refractivity contribution in [2.75, 3.05) is 6.61 Å². The van der Waals surface area contributed by atoms with Crippen LogP contribution in [0.15, 0.2) is 41.1 Å². The van der Waals surface area contributed by atoms with Gasteiger partial charge in [-0.05, 0) is 47.4 Å². The molecule has 0 spiro atoms. The SMILES string of the molecule is OC(Cc1ccncc1)Cc1cc(Br)cc2c1OCC2. The number of hydrogen-bond donors (Lipinski definition) is 1. The Hall–Kier alpha value is -1.39. The summed E-state index contributed by atoms with van der Waals surface area (Å²) in [6.07, 6.45) is 5.26. The van der Waals surface area contributed by atoms with E-state index in [9.17, 15) is 5.11 Å². The zero-order valence-corrected chi connectivity index (χ0v) is 12.6. The largest absolute Gasteiger partial charge is 0.493 e. The lowest BCUT2D eigenvalue weighted by Gasteiger charge is -2.14. The van der Waals surface area contributed by atoms with E-state index in [0.717, 1.165) is 34.4 Å².